The summed E-state index contributed by atoms with van der Waals surface area (Å²) in [7, 11) is 0. The zero-order valence-corrected chi connectivity index (χ0v) is 21.0. The SMILES string of the molecule is O=C1NC(=O)[C@]2(O[C@H](COC(=O)c3ccccc3)[C@@H](OC(=O)c3ccccc3)[C@H]2OC(=O)c2ccccc2)S1. The lowest BCUT2D eigenvalue weighted by Gasteiger charge is -2.27. The number of rotatable bonds is 7. The third kappa shape index (κ3) is 5.40. The van der Waals surface area contributed by atoms with E-state index in [0.29, 0.717) is 11.8 Å². The Labute approximate surface area is 226 Å². The quantitative estimate of drug-likeness (QED) is 0.347. The molecule has 2 saturated heterocycles. The molecule has 2 fully saturated rings. The van der Waals surface area contributed by atoms with Gasteiger partial charge in [0.05, 0.1) is 16.7 Å². The van der Waals surface area contributed by atoms with E-state index in [1.807, 2.05) is 0 Å². The average Bonchev–Trinajstić information content (AvgIpc) is 3.42. The van der Waals surface area contributed by atoms with Crippen molar-refractivity contribution in [2.45, 2.75) is 23.2 Å². The summed E-state index contributed by atoms with van der Waals surface area (Å²) >= 11 is 0.459. The van der Waals surface area contributed by atoms with Gasteiger partial charge in [0.25, 0.3) is 11.1 Å². The van der Waals surface area contributed by atoms with E-state index in [0.717, 1.165) is 0 Å². The van der Waals surface area contributed by atoms with Crippen LogP contribution < -0.4 is 5.32 Å². The van der Waals surface area contributed by atoms with Crippen molar-refractivity contribution in [2.24, 2.45) is 0 Å². The number of carbonyl (C=O) groups excluding carboxylic acids is 5. The number of thioether (sulfide) groups is 1. The van der Waals surface area contributed by atoms with Crippen molar-refractivity contribution in [1.29, 1.82) is 0 Å². The summed E-state index contributed by atoms with van der Waals surface area (Å²) in [6.07, 6.45) is -4.24. The molecule has 198 valence electrons. The van der Waals surface area contributed by atoms with Gasteiger partial charge in [-0.25, -0.2) is 14.4 Å². The summed E-state index contributed by atoms with van der Waals surface area (Å²) in [4.78, 5) is 61.9. The predicted molar refractivity (Wildman–Crippen MR) is 137 cm³/mol. The van der Waals surface area contributed by atoms with E-state index in [9.17, 15) is 24.0 Å². The summed E-state index contributed by atoms with van der Waals surface area (Å²) in [6.45, 7) is -0.469. The second-order valence-electron chi connectivity index (χ2n) is 8.56. The van der Waals surface area contributed by atoms with Gasteiger partial charge in [-0.3, -0.25) is 14.9 Å². The zero-order valence-electron chi connectivity index (χ0n) is 20.2. The molecule has 0 unspecified atom stereocenters. The highest BCUT2D eigenvalue weighted by Crippen LogP contribution is 2.47. The van der Waals surface area contributed by atoms with Gasteiger partial charge in [-0.1, -0.05) is 54.6 Å². The van der Waals surface area contributed by atoms with Crippen LogP contribution in [0.15, 0.2) is 91.0 Å². The molecule has 3 aromatic carbocycles. The molecule has 1 spiro atoms. The largest absolute Gasteiger partial charge is 0.459 e. The maximum atomic E-state index is 13.1. The molecule has 0 radical (unpaired) electrons. The molecule has 5 rings (SSSR count). The van der Waals surface area contributed by atoms with Crippen LogP contribution >= 0.6 is 11.8 Å². The van der Waals surface area contributed by atoms with Gasteiger partial charge < -0.3 is 18.9 Å². The van der Waals surface area contributed by atoms with E-state index in [1.54, 1.807) is 66.7 Å². The topological polar surface area (TPSA) is 134 Å². The fourth-order valence-electron chi connectivity index (χ4n) is 4.17. The van der Waals surface area contributed by atoms with Gasteiger partial charge in [0.15, 0.2) is 12.2 Å². The minimum Gasteiger partial charge on any atom is -0.459 e. The summed E-state index contributed by atoms with van der Waals surface area (Å²) < 4.78 is 22.8. The minimum absolute atomic E-state index is 0.162. The third-order valence-electron chi connectivity index (χ3n) is 6.03. The summed E-state index contributed by atoms with van der Waals surface area (Å²) in [5, 5.41) is 1.39. The van der Waals surface area contributed by atoms with E-state index >= 15 is 0 Å². The average molecular weight is 548 g/mol. The van der Waals surface area contributed by atoms with Crippen LogP contribution in [-0.2, 0) is 23.7 Å². The molecule has 3 aromatic rings. The lowest BCUT2D eigenvalue weighted by Crippen LogP contribution is -2.50. The third-order valence-corrected chi connectivity index (χ3v) is 7.13. The van der Waals surface area contributed by atoms with Crippen molar-refractivity contribution < 1.29 is 42.9 Å². The Morgan fingerprint density at radius 2 is 1.23 bits per heavy atom. The van der Waals surface area contributed by atoms with Crippen molar-refractivity contribution in [3.05, 3.63) is 108 Å². The van der Waals surface area contributed by atoms with Crippen LogP contribution in [0.1, 0.15) is 31.1 Å². The molecule has 39 heavy (non-hydrogen) atoms. The zero-order chi connectivity index (χ0) is 27.4. The Balaban J connectivity index is 1.47. The number of imide groups is 1. The van der Waals surface area contributed by atoms with E-state index in [-0.39, 0.29) is 16.7 Å². The number of benzene rings is 3. The van der Waals surface area contributed by atoms with Crippen LogP contribution in [0, 0.1) is 0 Å². The first-order valence-corrected chi connectivity index (χ1v) is 12.7. The second-order valence-corrected chi connectivity index (χ2v) is 9.74. The molecule has 0 saturated carbocycles. The van der Waals surface area contributed by atoms with Gasteiger partial charge in [0, 0.05) is 0 Å². The summed E-state index contributed by atoms with van der Waals surface area (Å²) in [5.74, 6) is -3.21. The van der Waals surface area contributed by atoms with Crippen molar-refractivity contribution in [2.75, 3.05) is 6.61 Å². The van der Waals surface area contributed by atoms with E-state index in [4.69, 9.17) is 18.9 Å². The van der Waals surface area contributed by atoms with Crippen LogP contribution in [0.3, 0.4) is 0 Å². The fraction of sp³-hybridized carbons (Fsp3) is 0.179. The molecule has 2 aliphatic rings. The smallest absolute Gasteiger partial charge is 0.338 e. The number of carbonyl (C=O) groups is 5. The predicted octanol–water partition coefficient (Wildman–Crippen LogP) is 3.37. The van der Waals surface area contributed by atoms with E-state index in [1.165, 1.54) is 24.3 Å². The lowest BCUT2D eigenvalue weighted by molar-refractivity contribution is -0.138. The molecule has 2 heterocycles. The van der Waals surface area contributed by atoms with E-state index < -0.39 is 58.9 Å². The van der Waals surface area contributed by atoms with E-state index in [2.05, 4.69) is 5.32 Å². The fourth-order valence-corrected chi connectivity index (χ4v) is 5.21. The maximum Gasteiger partial charge on any atom is 0.338 e. The lowest BCUT2D eigenvalue weighted by atomic mass is 10.1. The van der Waals surface area contributed by atoms with Crippen molar-refractivity contribution >= 4 is 40.8 Å². The number of amides is 2. The van der Waals surface area contributed by atoms with Gasteiger partial charge in [0.2, 0.25) is 4.93 Å². The number of esters is 3. The number of hydrogen-bond donors (Lipinski definition) is 1. The number of ether oxygens (including phenoxy) is 4. The summed E-state index contributed by atoms with van der Waals surface area (Å²) in [6, 6.07) is 24.1. The highest BCUT2D eigenvalue weighted by Gasteiger charge is 2.68. The highest BCUT2D eigenvalue weighted by molar-refractivity contribution is 8.16. The maximum absolute atomic E-state index is 13.1. The molecule has 10 nitrogen and oxygen atoms in total. The van der Waals surface area contributed by atoms with Crippen LogP contribution in [0.25, 0.3) is 0 Å². The molecule has 4 atom stereocenters. The first-order chi connectivity index (χ1) is 18.9. The molecular weight excluding hydrogens is 526 g/mol. The molecule has 11 heteroatoms. The second kappa shape index (κ2) is 11.1. The van der Waals surface area contributed by atoms with Crippen molar-refractivity contribution in [3.8, 4) is 0 Å². The first kappa shape index (κ1) is 26.1. The van der Waals surface area contributed by atoms with Gasteiger partial charge >= 0.3 is 17.9 Å². The van der Waals surface area contributed by atoms with Crippen LogP contribution in [0.2, 0.25) is 0 Å². The Morgan fingerprint density at radius 3 is 1.72 bits per heavy atom. The monoisotopic (exact) mass is 547 g/mol. The Kier molecular flexibility index (Phi) is 7.44. The van der Waals surface area contributed by atoms with Crippen molar-refractivity contribution in [3.63, 3.8) is 0 Å². The van der Waals surface area contributed by atoms with Crippen LogP contribution in [0.5, 0.6) is 0 Å². The van der Waals surface area contributed by atoms with Gasteiger partial charge in [-0.2, -0.15) is 0 Å². The van der Waals surface area contributed by atoms with Gasteiger partial charge in [-0.05, 0) is 48.2 Å². The molecular formula is C28H21NO9S. The molecule has 0 aromatic heterocycles. The summed E-state index contributed by atoms with van der Waals surface area (Å²) in [5.41, 5.74) is 0.610. The Bertz CT molecular complexity index is 1400. The highest BCUT2D eigenvalue weighted by atomic mass is 32.2. The normalized spacial score (nSPS) is 23.7. The minimum atomic E-state index is -2.08. The standard InChI is InChI=1S/C28H21NO9S/c30-23(17-10-4-1-5-11-17)35-16-20-21(36-24(31)18-12-6-2-7-13-18)22(28(38-20)26(33)29-27(34)39-28)37-25(32)19-14-8-3-9-15-19/h1-15,20-22H,16H2,(H,29,33,34)/t20-,21-,22-,28-/m1/s1. The first-order valence-electron chi connectivity index (χ1n) is 11.8. The van der Waals surface area contributed by atoms with Crippen LogP contribution in [-0.4, -0.2) is 58.9 Å². The Hall–Kier alpha value is -4.48. The molecule has 2 amide bonds. The number of hydrogen-bond acceptors (Lipinski definition) is 10. The van der Waals surface area contributed by atoms with Crippen LogP contribution in [0.4, 0.5) is 4.79 Å². The molecule has 2 aliphatic heterocycles. The van der Waals surface area contributed by atoms with Crippen molar-refractivity contribution in [1.82, 2.24) is 5.32 Å². The molecule has 0 aliphatic carbocycles. The number of nitrogens with one attached hydrogen (secondary N) is 1. The molecule has 0 bridgehead atoms. The van der Waals surface area contributed by atoms with Gasteiger partial charge in [0.1, 0.15) is 12.7 Å². The Morgan fingerprint density at radius 1 is 0.744 bits per heavy atom. The molecule has 1 N–H and O–H groups in total. The van der Waals surface area contributed by atoms with Gasteiger partial charge in [-0.15, -0.1) is 0 Å².